The number of hydrogen-bond acceptors (Lipinski definition) is 3. The van der Waals surface area contributed by atoms with Crippen molar-refractivity contribution < 1.29 is 9.53 Å². The summed E-state index contributed by atoms with van der Waals surface area (Å²) in [6.45, 7) is 6.67. The number of ether oxygens (including phenoxy) is 1. The summed E-state index contributed by atoms with van der Waals surface area (Å²) in [6, 6.07) is 1.77. The van der Waals surface area contributed by atoms with E-state index in [2.05, 4.69) is 18.8 Å². The van der Waals surface area contributed by atoms with Gasteiger partial charge < -0.3 is 4.74 Å². The van der Waals surface area contributed by atoms with Crippen LogP contribution in [0, 0.1) is 5.92 Å². The van der Waals surface area contributed by atoms with Crippen molar-refractivity contribution in [3.8, 4) is 5.75 Å². The average Bonchev–Trinajstić information content (AvgIpc) is 2.29. The summed E-state index contributed by atoms with van der Waals surface area (Å²) in [5.41, 5.74) is 0.645. The molecule has 88 valence electrons. The quantitative estimate of drug-likeness (QED) is 0.693. The van der Waals surface area contributed by atoms with Crippen molar-refractivity contribution in [2.75, 3.05) is 6.61 Å². The van der Waals surface area contributed by atoms with Crippen LogP contribution in [-0.2, 0) is 0 Å². The Kier molecular flexibility index (Phi) is 4.96. The van der Waals surface area contributed by atoms with Crippen LogP contribution in [-0.4, -0.2) is 17.4 Å². The predicted octanol–water partition coefficient (Wildman–Crippen LogP) is 3.10. The molecule has 1 atom stereocenters. The third-order valence-corrected chi connectivity index (χ3v) is 2.58. The van der Waals surface area contributed by atoms with Crippen LogP contribution in [0.25, 0.3) is 0 Å². The zero-order valence-corrected chi connectivity index (χ0v) is 10.2. The lowest BCUT2D eigenvalue weighted by atomic mass is 9.99. The number of carbonyl (C=O) groups is 1. The van der Waals surface area contributed by atoms with Gasteiger partial charge in [0.05, 0.1) is 12.8 Å². The maximum absolute atomic E-state index is 11.9. The second-order valence-electron chi connectivity index (χ2n) is 3.98. The van der Waals surface area contributed by atoms with E-state index in [0.29, 0.717) is 30.3 Å². The molecule has 1 aromatic rings. The van der Waals surface area contributed by atoms with Gasteiger partial charge in [0.1, 0.15) is 5.75 Å². The summed E-state index contributed by atoms with van der Waals surface area (Å²) >= 11 is 0. The molecule has 1 heterocycles. The summed E-state index contributed by atoms with van der Waals surface area (Å²) in [5, 5.41) is 0. The number of Topliss-reactive ketones (excluding diaryl/α,β-unsaturated/α-hetero) is 1. The minimum atomic E-state index is 0.142. The van der Waals surface area contributed by atoms with Crippen LogP contribution in [0.5, 0.6) is 5.75 Å². The van der Waals surface area contributed by atoms with Crippen molar-refractivity contribution in [1.82, 2.24) is 4.98 Å². The van der Waals surface area contributed by atoms with Crippen LogP contribution in [0.2, 0.25) is 0 Å². The van der Waals surface area contributed by atoms with E-state index in [1.165, 1.54) is 0 Å². The third-order valence-electron chi connectivity index (χ3n) is 2.58. The first-order valence-corrected chi connectivity index (χ1v) is 5.78. The second kappa shape index (κ2) is 6.26. The molecule has 0 amide bonds. The standard InChI is InChI=1S/C13H19NO2/c1-4-10(3)6-13(15)11-7-12(16-5-2)9-14-8-11/h7-10H,4-6H2,1-3H3. The van der Waals surface area contributed by atoms with Crippen molar-refractivity contribution in [3.05, 3.63) is 24.0 Å². The Labute approximate surface area is 96.8 Å². The van der Waals surface area contributed by atoms with Crippen molar-refractivity contribution in [2.45, 2.75) is 33.6 Å². The van der Waals surface area contributed by atoms with Crippen LogP contribution in [0.4, 0.5) is 0 Å². The minimum Gasteiger partial charge on any atom is -0.492 e. The molecule has 0 N–H and O–H groups in total. The van der Waals surface area contributed by atoms with Gasteiger partial charge in [-0.1, -0.05) is 20.3 Å². The van der Waals surface area contributed by atoms with Crippen LogP contribution >= 0.6 is 0 Å². The molecule has 0 aliphatic carbocycles. The van der Waals surface area contributed by atoms with Crippen LogP contribution in [0.15, 0.2) is 18.5 Å². The second-order valence-corrected chi connectivity index (χ2v) is 3.98. The Morgan fingerprint density at radius 2 is 2.19 bits per heavy atom. The number of aromatic nitrogens is 1. The number of ketones is 1. The number of rotatable bonds is 6. The molecule has 16 heavy (non-hydrogen) atoms. The van der Waals surface area contributed by atoms with Crippen LogP contribution < -0.4 is 4.74 Å². The zero-order valence-electron chi connectivity index (χ0n) is 10.2. The van der Waals surface area contributed by atoms with Gasteiger partial charge >= 0.3 is 0 Å². The highest BCUT2D eigenvalue weighted by molar-refractivity contribution is 5.96. The van der Waals surface area contributed by atoms with Gasteiger partial charge in [0, 0.05) is 18.2 Å². The molecule has 0 spiro atoms. The Bertz CT molecular complexity index is 350. The first-order valence-electron chi connectivity index (χ1n) is 5.78. The molecule has 0 fully saturated rings. The van der Waals surface area contributed by atoms with Crippen LogP contribution in [0.3, 0.4) is 0 Å². The van der Waals surface area contributed by atoms with Gasteiger partial charge in [-0.3, -0.25) is 9.78 Å². The summed E-state index contributed by atoms with van der Waals surface area (Å²) in [5.74, 6) is 1.23. The molecule has 3 nitrogen and oxygen atoms in total. The molecule has 0 saturated heterocycles. The normalized spacial score (nSPS) is 12.2. The van der Waals surface area contributed by atoms with Gasteiger partial charge in [-0.25, -0.2) is 0 Å². The fraction of sp³-hybridized carbons (Fsp3) is 0.538. The summed E-state index contributed by atoms with van der Waals surface area (Å²) in [6.07, 6.45) is 4.83. The van der Waals surface area contributed by atoms with Gasteiger partial charge in [0.2, 0.25) is 0 Å². The Hall–Kier alpha value is -1.38. The minimum absolute atomic E-state index is 0.142. The fourth-order valence-electron chi connectivity index (χ4n) is 1.40. The largest absolute Gasteiger partial charge is 0.492 e. The van der Waals surface area contributed by atoms with E-state index in [0.717, 1.165) is 6.42 Å². The maximum Gasteiger partial charge on any atom is 0.164 e. The molecule has 0 aliphatic heterocycles. The third kappa shape index (κ3) is 3.65. The molecule has 1 aromatic heterocycles. The Morgan fingerprint density at radius 1 is 1.44 bits per heavy atom. The molecule has 0 radical (unpaired) electrons. The van der Waals surface area contributed by atoms with Crippen LogP contribution in [0.1, 0.15) is 44.0 Å². The van der Waals surface area contributed by atoms with E-state index in [1.807, 2.05) is 6.92 Å². The molecule has 1 rings (SSSR count). The van der Waals surface area contributed by atoms with Gasteiger partial charge in [-0.05, 0) is 18.9 Å². The van der Waals surface area contributed by atoms with Gasteiger partial charge in [0.15, 0.2) is 5.78 Å². The van der Waals surface area contributed by atoms with Crippen molar-refractivity contribution in [2.24, 2.45) is 5.92 Å². The molecule has 3 heteroatoms. The monoisotopic (exact) mass is 221 g/mol. The highest BCUT2D eigenvalue weighted by Gasteiger charge is 2.11. The van der Waals surface area contributed by atoms with Gasteiger partial charge in [-0.2, -0.15) is 0 Å². The summed E-state index contributed by atoms with van der Waals surface area (Å²) < 4.78 is 5.31. The smallest absolute Gasteiger partial charge is 0.164 e. The molecule has 0 aromatic carbocycles. The fourth-order valence-corrected chi connectivity index (χ4v) is 1.40. The van der Waals surface area contributed by atoms with E-state index in [9.17, 15) is 4.79 Å². The lowest BCUT2D eigenvalue weighted by molar-refractivity contribution is 0.0963. The average molecular weight is 221 g/mol. The lowest BCUT2D eigenvalue weighted by Gasteiger charge is -2.08. The van der Waals surface area contributed by atoms with E-state index >= 15 is 0 Å². The van der Waals surface area contributed by atoms with Crippen molar-refractivity contribution >= 4 is 5.78 Å². The molecular formula is C13H19NO2. The van der Waals surface area contributed by atoms with E-state index in [-0.39, 0.29) is 5.78 Å². The number of carbonyl (C=O) groups excluding carboxylic acids is 1. The Balaban J connectivity index is 2.71. The summed E-state index contributed by atoms with van der Waals surface area (Å²) in [4.78, 5) is 15.9. The predicted molar refractivity (Wildman–Crippen MR) is 63.8 cm³/mol. The van der Waals surface area contributed by atoms with Crippen molar-refractivity contribution in [3.63, 3.8) is 0 Å². The van der Waals surface area contributed by atoms with E-state index < -0.39 is 0 Å². The molecule has 0 bridgehead atoms. The molecule has 0 aliphatic rings. The van der Waals surface area contributed by atoms with Gasteiger partial charge in [0.25, 0.3) is 0 Å². The first kappa shape index (κ1) is 12.7. The topological polar surface area (TPSA) is 39.2 Å². The molecule has 1 unspecified atom stereocenters. The maximum atomic E-state index is 11.9. The molecular weight excluding hydrogens is 202 g/mol. The van der Waals surface area contributed by atoms with E-state index in [4.69, 9.17) is 4.74 Å². The first-order chi connectivity index (χ1) is 7.67. The number of hydrogen-bond donors (Lipinski definition) is 0. The number of nitrogens with zero attached hydrogens (tertiary/aromatic N) is 1. The highest BCUT2D eigenvalue weighted by Crippen LogP contribution is 2.16. The zero-order chi connectivity index (χ0) is 12.0. The highest BCUT2D eigenvalue weighted by atomic mass is 16.5. The molecule has 0 saturated carbocycles. The SMILES string of the molecule is CCOc1cncc(C(=O)CC(C)CC)c1. The number of pyridine rings is 1. The summed E-state index contributed by atoms with van der Waals surface area (Å²) in [7, 11) is 0. The Morgan fingerprint density at radius 3 is 2.81 bits per heavy atom. The van der Waals surface area contributed by atoms with E-state index in [1.54, 1.807) is 18.5 Å². The van der Waals surface area contributed by atoms with Gasteiger partial charge in [-0.15, -0.1) is 0 Å². The lowest BCUT2D eigenvalue weighted by Crippen LogP contribution is -2.06. The van der Waals surface area contributed by atoms with Crippen molar-refractivity contribution in [1.29, 1.82) is 0 Å².